The van der Waals surface area contributed by atoms with Crippen LogP contribution in [-0.2, 0) is 4.74 Å². The molecule has 26 heavy (non-hydrogen) atoms. The maximum Gasteiger partial charge on any atom is 0.406 e. The highest BCUT2D eigenvalue weighted by molar-refractivity contribution is 5.66. The molecule has 2 rings (SSSR count). The molecule has 1 atom stereocenters. The average molecular weight is 359 g/mol. The number of amides is 1. The minimum atomic E-state index is -0.426. The summed E-state index contributed by atoms with van der Waals surface area (Å²) in [6.45, 7) is 7.47. The average Bonchev–Trinajstić information content (AvgIpc) is 2.66. The zero-order chi connectivity index (χ0) is 19.4. The van der Waals surface area contributed by atoms with E-state index in [4.69, 9.17) is 0 Å². The van der Waals surface area contributed by atoms with Crippen molar-refractivity contribution in [2.24, 2.45) is 0 Å². The summed E-state index contributed by atoms with van der Waals surface area (Å²) < 4.78 is 6.40. The number of methoxy groups -OCH3 is 1. The number of carbonyl (C=O) groups excluding carboxylic acids is 1. The van der Waals surface area contributed by atoms with Crippen LogP contribution in [0.1, 0.15) is 38.8 Å². The first-order valence-corrected chi connectivity index (χ1v) is 8.85. The number of nitrogens with zero attached hydrogens (tertiary/aromatic N) is 1. The number of nitrogens with one attached hydrogen (secondary N) is 2. The third kappa shape index (κ3) is 7.53. The fourth-order valence-electron chi connectivity index (χ4n) is 2.16. The van der Waals surface area contributed by atoms with Crippen LogP contribution in [0.15, 0.2) is 53.6 Å². The van der Waals surface area contributed by atoms with E-state index in [1.54, 1.807) is 12.4 Å². The molecule has 0 saturated carbocycles. The predicted octanol–water partition coefficient (Wildman–Crippen LogP) is 3.26. The smallest absolute Gasteiger partial charge is 0.406 e. The maximum atomic E-state index is 11.1. The fourth-order valence-corrected chi connectivity index (χ4v) is 2.16. The van der Waals surface area contributed by atoms with E-state index in [-0.39, 0.29) is 11.5 Å². The van der Waals surface area contributed by atoms with Crippen LogP contribution in [0, 0.1) is 0 Å². The van der Waals surface area contributed by atoms with Gasteiger partial charge >= 0.3 is 6.09 Å². The Bertz CT molecular complexity index is 690. The number of rotatable bonds is 6. The van der Waals surface area contributed by atoms with Crippen LogP contribution in [0.25, 0.3) is 5.69 Å². The monoisotopic (exact) mass is 359 g/mol. The van der Waals surface area contributed by atoms with Gasteiger partial charge in [-0.2, -0.15) is 0 Å². The molecular weight excluding hydrogens is 330 g/mol. The molecule has 1 heterocycles. The zero-order valence-electron chi connectivity index (χ0n) is 16.0. The number of pyridine rings is 1. The fraction of sp³-hybridized carbons (Fsp3) is 0.400. The van der Waals surface area contributed by atoms with Gasteiger partial charge in [0.2, 0.25) is 0 Å². The highest BCUT2D eigenvalue weighted by atomic mass is 16.5. The van der Waals surface area contributed by atoms with Gasteiger partial charge in [0.05, 0.1) is 7.11 Å². The van der Waals surface area contributed by atoms with Crippen LogP contribution in [0.4, 0.5) is 4.79 Å². The van der Waals surface area contributed by atoms with Gasteiger partial charge in [-0.05, 0) is 24.6 Å². The molecule has 1 amide bonds. The van der Waals surface area contributed by atoms with E-state index in [1.807, 2.05) is 28.8 Å². The third-order valence-corrected chi connectivity index (χ3v) is 3.52. The number of ether oxygens (including phenoxy) is 1. The Morgan fingerprint density at radius 1 is 1.08 bits per heavy atom. The molecule has 0 bridgehead atoms. The summed E-state index contributed by atoms with van der Waals surface area (Å²) in [5.74, 6) is 0. The molecule has 0 spiro atoms. The number of hydrogen-bond acceptors (Lipinski definition) is 4. The van der Waals surface area contributed by atoms with Crippen LogP contribution >= 0.6 is 0 Å². The minimum Gasteiger partial charge on any atom is -0.453 e. The van der Waals surface area contributed by atoms with Gasteiger partial charge in [-0.1, -0.05) is 32.4 Å². The van der Waals surface area contributed by atoms with E-state index >= 15 is 0 Å². The lowest BCUT2D eigenvalue weighted by atomic mass is 10.1. The molecule has 6 nitrogen and oxygen atoms in total. The Balaban J connectivity index is 0.00000105. The number of benzene rings is 1. The minimum absolute atomic E-state index is 0.00347. The summed E-state index contributed by atoms with van der Waals surface area (Å²) in [5, 5.41) is 5.95. The Hall–Kier alpha value is -2.60. The Labute approximate surface area is 155 Å². The molecule has 0 saturated heterocycles. The van der Waals surface area contributed by atoms with Crippen molar-refractivity contribution in [2.45, 2.75) is 33.2 Å². The summed E-state index contributed by atoms with van der Waals surface area (Å²) in [5.41, 5.74) is 2.14. The van der Waals surface area contributed by atoms with Crippen molar-refractivity contribution in [3.63, 3.8) is 0 Å². The van der Waals surface area contributed by atoms with Gasteiger partial charge in [0.25, 0.3) is 0 Å². The van der Waals surface area contributed by atoms with E-state index in [9.17, 15) is 9.59 Å². The summed E-state index contributed by atoms with van der Waals surface area (Å²) in [6, 6.07) is 11.3. The second kappa shape index (κ2) is 11.9. The molecular formula is C20H29N3O3. The summed E-state index contributed by atoms with van der Waals surface area (Å²) in [7, 11) is 1.34. The van der Waals surface area contributed by atoms with Crippen molar-refractivity contribution in [1.29, 1.82) is 0 Å². The van der Waals surface area contributed by atoms with Gasteiger partial charge in [-0.25, -0.2) is 4.79 Å². The standard InChI is InChI=1S/C17H21N3O3.C3H8/c1-13(18-9-10-19-17(22)23-2)14-3-5-15(6-4-14)20-11-7-16(21)8-12-20;1-3-2/h3-8,11-13,18H,9-10H2,1-2H3,(H,19,22);3H2,1-2H3. The first-order valence-electron chi connectivity index (χ1n) is 8.85. The van der Waals surface area contributed by atoms with Crippen molar-refractivity contribution < 1.29 is 9.53 Å². The number of alkyl carbamates (subject to hydrolysis) is 1. The molecule has 1 aromatic carbocycles. The molecule has 6 heteroatoms. The van der Waals surface area contributed by atoms with Crippen LogP contribution in [-0.4, -0.2) is 30.9 Å². The summed E-state index contributed by atoms with van der Waals surface area (Å²) >= 11 is 0. The first kappa shape index (κ1) is 21.4. The van der Waals surface area contributed by atoms with Gasteiger partial charge in [0.1, 0.15) is 0 Å². The molecule has 0 fully saturated rings. The lowest BCUT2D eigenvalue weighted by Crippen LogP contribution is -2.32. The van der Waals surface area contributed by atoms with Crippen LogP contribution in [0.2, 0.25) is 0 Å². The summed E-state index contributed by atoms with van der Waals surface area (Å²) in [6.07, 6.45) is 4.32. The zero-order valence-corrected chi connectivity index (χ0v) is 16.0. The molecule has 1 unspecified atom stereocenters. The van der Waals surface area contributed by atoms with Gasteiger partial charge in [0, 0.05) is 49.3 Å². The largest absolute Gasteiger partial charge is 0.453 e. The van der Waals surface area contributed by atoms with Gasteiger partial charge in [-0.15, -0.1) is 0 Å². The van der Waals surface area contributed by atoms with Crippen LogP contribution < -0.4 is 16.1 Å². The van der Waals surface area contributed by atoms with Gasteiger partial charge in [-0.3, -0.25) is 4.79 Å². The topological polar surface area (TPSA) is 72.4 Å². The molecule has 0 aliphatic heterocycles. The van der Waals surface area contributed by atoms with Crippen LogP contribution in [0.3, 0.4) is 0 Å². The highest BCUT2D eigenvalue weighted by Gasteiger charge is 2.05. The van der Waals surface area contributed by atoms with Gasteiger partial charge in [0.15, 0.2) is 5.43 Å². The Morgan fingerprint density at radius 3 is 2.19 bits per heavy atom. The molecule has 0 aliphatic carbocycles. The van der Waals surface area contributed by atoms with E-state index in [2.05, 4.69) is 36.1 Å². The predicted molar refractivity (Wildman–Crippen MR) is 105 cm³/mol. The SMILES string of the molecule is CCC.COC(=O)NCCNC(C)c1ccc(-n2ccc(=O)cc2)cc1. The molecule has 0 aliphatic rings. The quantitative estimate of drug-likeness (QED) is 0.777. The molecule has 142 valence electrons. The molecule has 2 N–H and O–H groups in total. The Morgan fingerprint density at radius 2 is 1.65 bits per heavy atom. The van der Waals surface area contributed by atoms with Crippen molar-refractivity contribution in [3.8, 4) is 5.69 Å². The van der Waals surface area contributed by atoms with Crippen molar-refractivity contribution in [3.05, 3.63) is 64.6 Å². The van der Waals surface area contributed by atoms with E-state index in [0.717, 1.165) is 11.3 Å². The lowest BCUT2D eigenvalue weighted by molar-refractivity contribution is 0.171. The number of carbonyl (C=O) groups is 1. The normalized spacial score (nSPS) is 11.1. The van der Waals surface area contributed by atoms with Crippen molar-refractivity contribution in [1.82, 2.24) is 15.2 Å². The van der Waals surface area contributed by atoms with Crippen molar-refractivity contribution >= 4 is 6.09 Å². The maximum absolute atomic E-state index is 11.1. The third-order valence-electron chi connectivity index (χ3n) is 3.52. The molecule has 0 radical (unpaired) electrons. The van der Waals surface area contributed by atoms with Gasteiger partial charge < -0.3 is 19.9 Å². The number of aromatic nitrogens is 1. The number of hydrogen-bond donors (Lipinski definition) is 2. The summed E-state index contributed by atoms with van der Waals surface area (Å²) in [4.78, 5) is 22.1. The first-order chi connectivity index (χ1) is 12.5. The van der Waals surface area contributed by atoms with Crippen LogP contribution in [0.5, 0.6) is 0 Å². The van der Waals surface area contributed by atoms with E-state index in [1.165, 1.54) is 25.7 Å². The Kier molecular flexibility index (Phi) is 9.79. The lowest BCUT2D eigenvalue weighted by Gasteiger charge is -2.15. The second-order valence-electron chi connectivity index (χ2n) is 5.83. The second-order valence-corrected chi connectivity index (χ2v) is 5.83. The molecule has 2 aromatic rings. The van der Waals surface area contributed by atoms with E-state index in [0.29, 0.717) is 13.1 Å². The highest BCUT2D eigenvalue weighted by Crippen LogP contribution is 2.15. The molecule has 1 aromatic heterocycles. The van der Waals surface area contributed by atoms with E-state index < -0.39 is 6.09 Å². The van der Waals surface area contributed by atoms with Crippen molar-refractivity contribution in [2.75, 3.05) is 20.2 Å².